The molecule has 1 aromatic rings. The summed E-state index contributed by atoms with van der Waals surface area (Å²) in [6, 6.07) is 3.97. The minimum atomic E-state index is -1.32. The summed E-state index contributed by atoms with van der Waals surface area (Å²) in [7, 11) is 0. The molecule has 0 radical (unpaired) electrons. The largest absolute Gasteiger partial charge is 0.477 e. The quantitative estimate of drug-likeness (QED) is 0.348. The SMILES string of the molecule is O=C(O)c1cc(SCCCO)ccc1[N+](=O)[O-]. The molecule has 92 valence electrons. The van der Waals surface area contributed by atoms with Crippen LogP contribution in [0.4, 0.5) is 5.69 Å². The number of aliphatic hydroxyl groups is 1. The van der Waals surface area contributed by atoms with Crippen LogP contribution in [-0.4, -0.2) is 33.5 Å². The van der Waals surface area contributed by atoms with Gasteiger partial charge in [-0.3, -0.25) is 10.1 Å². The highest BCUT2D eigenvalue weighted by atomic mass is 32.2. The van der Waals surface area contributed by atoms with Crippen LogP contribution >= 0.6 is 11.8 Å². The molecule has 17 heavy (non-hydrogen) atoms. The second-order valence-electron chi connectivity index (χ2n) is 3.17. The summed E-state index contributed by atoms with van der Waals surface area (Å²) in [5.74, 6) is -0.686. The highest BCUT2D eigenvalue weighted by molar-refractivity contribution is 7.99. The van der Waals surface area contributed by atoms with Crippen LogP contribution in [0.5, 0.6) is 0 Å². The van der Waals surface area contributed by atoms with Gasteiger partial charge < -0.3 is 10.2 Å². The Bertz CT molecular complexity index is 435. The first kappa shape index (κ1) is 13.5. The van der Waals surface area contributed by atoms with Crippen LogP contribution in [0.25, 0.3) is 0 Å². The summed E-state index contributed by atoms with van der Waals surface area (Å²) in [4.78, 5) is 21.4. The van der Waals surface area contributed by atoms with Gasteiger partial charge in [0.15, 0.2) is 0 Å². The van der Waals surface area contributed by atoms with Crippen molar-refractivity contribution in [1.82, 2.24) is 0 Å². The standard InChI is InChI=1S/C10H11NO5S/c12-4-1-5-17-7-2-3-9(11(15)16)8(6-7)10(13)14/h2-3,6,12H,1,4-5H2,(H,13,14). The Morgan fingerprint density at radius 2 is 2.18 bits per heavy atom. The van der Waals surface area contributed by atoms with E-state index in [-0.39, 0.29) is 12.2 Å². The van der Waals surface area contributed by atoms with Gasteiger partial charge in [0.2, 0.25) is 0 Å². The van der Waals surface area contributed by atoms with Gasteiger partial charge in [0.25, 0.3) is 5.69 Å². The van der Waals surface area contributed by atoms with Crippen molar-refractivity contribution in [1.29, 1.82) is 0 Å². The van der Waals surface area contributed by atoms with E-state index in [0.29, 0.717) is 17.1 Å². The van der Waals surface area contributed by atoms with Gasteiger partial charge >= 0.3 is 5.97 Å². The molecule has 0 aromatic heterocycles. The fourth-order valence-electron chi connectivity index (χ4n) is 1.19. The zero-order chi connectivity index (χ0) is 12.8. The van der Waals surface area contributed by atoms with Gasteiger partial charge in [-0.25, -0.2) is 4.79 Å². The van der Waals surface area contributed by atoms with E-state index in [0.717, 1.165) is 0 Å². The van der Waals surface area contributed by atoms with Crippen LogP contribution in [0.2, 0.25) is 0 Å². The predicted molar refractivity (Wildman–Crippen MR) is 62.5 cm³/mol. The first-order valence-corrected chi connectivity index (χ1v) is 5.80. The minimum Gasteiger partial charge on any atom is -0.477 e. The van der Waals surface area contributed by atoms with Gasteiger partial charge in [-0.2, -0.15) is 0 Å². The normalized spacial score (nSPS) is 10.2. The molecule has 1 aromatic carbocycles. The number of rotatable bonds is 6. The highest BCUT2D eigenvalue weighted by Gasteiger charge is 2.19. The topological polar surface area (TPSA) is 101 Å². The van der Waals surface area contributed by atoms with Gasteiger partial charge in [0.1, 0.15) is 5.56 Å². The first-order valence-electron chi connectivity index (χ1n) is 4.81. The highest BCUT2D eigenvalue weighted by Crippen LogP contribution is 2.26. The molecule has 0 aliphatic carbocycles. The lowest BCUT2D eigenvalue weighted by atomic mass is 10.2. The molecular formula is C10H11NO5S. The third kappa shape index (κ3) is 3.72. The molecule has 7 heteroatoms. The molecule has 6 nitrogen and oxygen atoms in total. The van der Waals surface area contributed by atoms with Crippen molar-refractivity contribution in [2.24, 2.45) is 0 Å². The number of carboxylic acid groups (broad SMARTS) is 1. The molecule has 0 saturated carbocycles. The molecule has 2 N–H and O–H groups in total. The number of nitro benzene ring substituents is 1. The fraction of sp³-hybridized carbons (Fsp3) is 0.300. The van der Waals surface area contributed by atoms with Crippen LogP contribution in [0.15, 0.2) is 23.1 Å². The zero-order valence-corrected chi connectivity index (χ0v) is 9.64. The number of aromatic carboxylic acids is 1. The van der Waals surface area contributed by atoms with Crippen molar-refractivity contribution < 1.29 is 19.9 Å². The van der Waals surface area contributed by atoms with E-state index in [1.165, 1.54) is 30.0 Å². The van der Waals surface area contributed by atoms with Crippen molar-refractivity contribution in [3.8, 4) is 0 Å². The number of nitro groups is 1. The Morgan fingerprint density at radius 3 is 2.71 bits per heavy atom. The second-order valence-corrected chi connectivity index (χ2v) is 4.34. The predicted octanol–water partition coefficient (Wildman–Crippen LogP) is 1.77. The van der Waals surface area contributed by atoms with Crippen molar-refractivity contribution in [2.75, 3.05) is 12.4 Å². The average Bonchev–Trinajstić information content (AvgIpc) is 2.29. The van der Waals surface area contributed by atoms with Gasteiger partial charge in [-0.1, -0.05) is 0 Å². The van der Waals surface area contributed by atoms with E-state index >= 15 is 0 Å². The van der Waals surface area contributed by atoms with Crippen LogP contribution in [-0.2, 0) is 0 Å². The number of hydrogen-bond acceptors (Lipinski definition) is 5. The summed E-state index contributed by atoms with van der Waals surface area (Å²) in [6.07, 6.45) is 0.587. The molecule has 1 rings (SSSR count). The molecule has 0 aliphatic heterocycles. The van der Waals surface area contributed by atoms with Crippen molar-refractivity contribution in [2.45, 2.75) is 11.3 Å². The number of aliphatic hydroxyl groups excluding tert-OH is 1. The minimum absolute atomic E-state index is 0.0613. The van der Waals surface area contributed by atoms with Crippen LogP contribution in [0.1, 0.15) is 16.8 Å². The smallest absolute Gasteiger partial charge is 0.342 e. The van der Waals surface area contributed by atoms with E-state index in [9.17, 15) is 14.9 Å². The monoisotopic (exact) mass is 257 g/mol. The lowest BCUT2D eigenvalue weighted by molar-refractivity contribution is -0.385. The molecule has 0 fully saturated rings. The maximum atomic E-state index is 10.9. The van der Waals surface area contributed by atoms with Crippen molar-refractivity contribution in [3.63, 3.8) is 0 Å². The molecule has 0 amide bonds. The Labute approximate surface area is 101 Å². The molecular weight excluding hydrogens is 246 g/mol. The number of hydrogen-bond donors (Lipinski definition) is 2. The molecule has 0 unspecified atom stereocenters. The van der Waals surface area contributed by atoms with E-state index in [1.807, 2.05) is 0 Å². The maximum absolute atomic E-state index is 10.9. The van der Waals surface area contributed by atoms with Gasteiger partial charge in [-0.05, 0) is 18.6 Å². The fourth-order valence-corrected chi connectivity index (χ4v) is 2.06. The number of benzene rings is 1. The molecule has 0 saturated heterocycles. The Hall–Kier alpha value is -1.60. The number of carbonyl (C=O) groups is 1. The summed E-state index contributed by atoms with van der Waals surface area (Å²) >= 11 is 1.35. The third-order valence-corrected chi connectivity index (χ3v) is 3.05. The van der Waals surface area contributed by atoms with Crippen molar-refractivity contribution >= 4 is 23.4 Å². The summed E-state index contributed by atoms with van der Waals surface area (Å²) in [5.41, 5.74) is -0.729. The molecule has 0 bridgehead atoms. The summed E-state index contributed by atoms with van der Waals surface area (Å²) in [5, 5.41) is 28.1. The molecule has 0 spiro atoms. The third-order valence-electron chi connectivity index (χ3n) is 1.97. The van der Waals surface area contributed by atoms with Crippen LogP contribution < -0.4 is 0 Å². The summed E-state index contributed by atoms with van der Waals surface area (Å²) < 4.78 is 0. The first-order chi connectivity index (χ1) is 8.06. The Kier molecular flexibility index (Phi) is 4.92. The van der Waals surface area contributed by atoms with E-state index in [1.54, 1.807) is 0 Å². The van der Waals surface area contributed by atoms with Gasteiger partial charge in [-0.15, -0.1) is 11.8 Å². The van der Waals surface area contributed by atoms with E-state index < -0.39 is 16.6 Å². The van der Waals surface area contributed by atoms with Crippen LogP contribution in [0, 0.1) is 10.1 Å². The van der Waals surface area contributed by atoms with Crippen LogP contribution in [0.3, 0.4) is 0 Å². The second kappa shape index (κ2) is 6.21. The zero-order valence-electron chi connectivity index (χ0n) is 8.83. The number of thioether (sulfide) groups is 1. The Balaban J connectivity index is 2.94. The molecule has 0 aliphatic rings. The Morgan fingerprint density at radius 1 is 1.47 bits per heavy atom. The summed E-state index contributed by atoms with van der Waals surface area (Å²) in [6.45, 7) is 0.0613. The van der Waals surface area contributed by atoms with E-state index in [2.05, 4.69) is 0 Å². The van der Waals surface area contributed by atoms with Crippen molar-refractivity contribution in [3.05, 3.63) is 33.9 Å². The van der Waals surface area contributed by atoms with Gasteiger partial charge in [0.05, 0.1) is 4.92 Å². The number of carboxylic acids is 1. The number of nitrogens with zero attached hydrogens (tertiary/aromatic N) is 1. The van der Waals surface area contributed by atoms with E-state index in [4.69, 9.17) is 10.2 Å². The van der Waals surface area contributed by atoms with Gasteiger partial charge in [0, 0.05) is 23.3 Å². The lowest BCUT2D eigenvalue weighted by Gasteiger charge is -2.03. The lowest BCUT2D eigenvalue weighted by Crippen LogP contribution is -2.02. The maximum Gasteiger partial charge on any atom is 0.342 e. The average molecular weight is 257 g/mol. The molecule has 0 atom stereocenters. The molecule has 0 heterocycles.